The number of alkyl halides is 1. The highest BCUT2D eigenvalue weighted by Gasteiger charge is 2.16. The third kappa shape index (κ3) is 3.29. The molecule has 0 fully saturated rings. The highest BCUT2D eigenvalue weighted by atomic mass is 35.5. The number of hydrogen-bond donors (Lipinski definition) is 0. The third-order valence-electron chi connectivity index (χ3n) is 2.87. The SMILES string of the molecule is COc1ccc(C(C)C)c(CCCCl)c1OC. The van der Waals surface area contributed by atoms with Crippen molar-refractivity contribution < 1.29 is 9.47 Å². The molecular weight excluding hydrogens is 236 g/mol. The zero-order valence-corrected chi connectivity index (χ0v) is 11.8. The number of ether oxygens (including phenoxy) is 2. The Morgan fingerprint density at radius 1 is 1.18 bits per heavy atom. The molecule has 0 heterocycles. The summed E-state index contributed by atoms with van der Waals surface area (Å²) < 4.78 is 10.8. The predicted molar refractivity (Wildman–Crippen MR) is 72.7 cm³/mol. The van der Waals surface area contributed by atoms with E-state index in [0.717, 1.165) is 24.3 Å². The smallest absolute Gasteiger partial charge is 0.164 e. The fourth-order valence-electron chi connectivity index (χ4n) is 2.05. The van der Waals surface area contributed by atoms with Gasteiger partial charge in [0.15, 0.2) is 11.5 Å². The minimum absolute atomic E-state index is 0.472. The van der Waals surface area contributed by atoms with Crippen molar-refractivity contribution in [3.05, 3.63) is 23.3 Å². The molecule has 0 saturated carbocycles. The summed E-state index contributed by atoms with van der Waals surface area (Å²) in [6.07, 6.45) is 1.88. The van der Waals surface area contributed by atoms with Crippen LogP contribution in [0.25, 0.3) is 0 Å². The lowest BCUT2D eigenvalue weighted by Gasteiger charge is -2.18. The van der Waals surface area contributed by atoms with Crippen molar-refractivity contribution in [2.24, 2.45) is 0 Å². The number of benzene rings is 1. The lowest BCUT2D eigenvalue weighted by molar-refractivity contribution is 0.350. The van der Waals surface area contributed by atoms with E-state index >= 15 is 0 Å². The van der Waals surface area contributed by atoms with Crippen LogP contribution in [0.1, 0.15) is 37.3 Å². The average Bonchev–Trinajstić information content (AvgIpc) is 2.34. The molecule has 0 aliphatic heterocycles. The van der Waals surface area contributed by atoms with Gasteiger partial charge in [-0.25, -0.2) is 0 Å². The second-order valence-corrected chi connectivity index (χ2v) is 4.69. The topological polar surface area (TPSA) is 18.5 Å². The monoisotopic (exact) mass is 256 g/mol. The maximum absolute atomic E-state index is 5.78. The van der Waals surface area contributed by atoms with Crippen molar-refractivity contribution in [2.45, 2.75) is 32.6 Å². The third-order valence-corrected chi connectivity index (χ3v) is 3.13. The Bertz CT molecular complexity index is 361. The van der Waals surface area contributed by atoms with Gasteiger partial charge in [-0.05, 0) is 30.4 Å². The van der Waals surface area contributed by atoms with Crippen LogP contribution in [0.15, 0.2) is 12.1 Å². The Kier molecular flexibility index (Phi) is 5.63. The molecule has 0 radical (unpaired) electrons. The van der Waals surface area contributed by atoms with Crippen molar-refractivity contribution >= 4 is 11.6 Å². The summed E-state index contributed by atoms with van der Waals surface area (Å²) in [4.78, 5) is 0. The Labute approximate surface area is 109 Å². The highest BCUT2D eigenvalue weighted by molar-refractivity contribution is 6.17. The quantitative estimate of drug-likeness (QED) is 0.717. The zero-order chi connectivity index (χ0) is 12.8. The summed E-state index contributed by atoms with van der Waals surface area (Å²) in [6.45, 7) is 4.37. The van der Waals surface area contributed by atoms with Gasteiger partial charge in [0.2, 0.25) is 0 Å². The fourth-order valence-corrected chi connectivity index (χ4v) is 2.18. The standard InChI is InChI=1S/C14H21ClO2/c1-10(2)11-7-8-13(16-3)14(17-4)12(11)6-5-9-15/h7-8,10H,5-6,9H2,1-4H3. The number of halogens is 1. The van der Waals surface area contributed by atoms with E-state index in [1.807, 2.05) is 6.07 Å². The van der Waals surface area contributed by atoms with Crippen LogP contribution < -0.4 is 9.47 Å². The molecule has 0 atom stereocenters. The minimum Gasteiger partial charge on any atom is -0.493 e. The van der Waals surface area contributed by atoms with Crippen molar-refractivity contribution in [1.29, 1.82) is 0 Å². The number of rotatable bonds is 6. The van der Waals surface area contributed by atoms with Gasteiger partial charge in [-0.3, -0.25) is 0 Å². The van der Waals surface area contributed by atoms with Gasteiger partial charge in [0.1, 0.15) is 0 Å². The van der Waals surface area contributed by atoms with Gasteiger partial charge >= 0.3 is 0 Å². The first-order valence-electron chi connectivity index (χ1n) is 5.95. The maximum atomic E-state index is 5.78. The van der Waals surface area contributed by atoms with Crippen molar-refractivity contribution in [1.82, 2.24) is 0 Å². The molecule has 1 rings (SSSR count). The van der Waals surface area contributed by atoms with Crippen LogP contribution in [-0.4, -0.2) is 20.1 Å². The minimum atomic E-state index is 0.472. The highest BCUT2D eigenvalue weighted by Crippen LogP contribution is 2.37. The molecule has 3 heteroatoms. The van der Waals surface area contributed by atoms with Gasteiger partial charge in [0.05, 0.1) is 14.2 Å². The molecule has 0 aliphatic carbocycles. The van der Waals surface area contributed by atoms with Crippen LogP contribution in [-0.2, 0) is 6.42 Å². The second-order valence-electron chi connectivity index (χ2n) is 4.32. The summed E-state index contributed by atoms with van der Waals surface area (Å²) in [7, 11) is 3.35. The van der Waals surface area contributed by atoms with E-state index in [4.69, 9.17) is 21.1 Å². The number of hydrogen-bond acceptors (Lipinski definition) is 2. The molecule has 2 nitrogen and oxygen atoms in total. The Morgan fingerprint density at radius 2 is 1.88 bits per heavy atom. The van der Waals surface area contributed by atoms with Gasteiger partial charge in [-0.2, -0.15) is 0 Å². The van der Waals surface area contributed by atoms with Crippen molar-refractivity contribution in [3.8, 4) is 11.5 Å². The van der Waals surface area contributed by atoms with E-state index in [9.17, 15) is 0 Å². The Balaban J connectivity index is 3.23. The largest absolute Gasteiger partial charge is 0.493 e. The van der Waals surface area contributed by atoms with Crippen molar-refractivity contribution in [2.75, 3.05) is 20.1 Å². The van der Waals surface area contributed by atoms with Crippen LogP contribution in [0.3, 0.4) is 0 Å². The Hall–Kier alpha value is -0.890. The van der Waals surface area contributed by atoms with E-state index in [1.54, 1.807) is 14.2 Å². The predicted octanol–water partition coefficient (Wildman–Crippen LogP) is 4.00. The molecule has 0 aromatic heterocycles. The van der Waals surface area contributed by atoms with E-state index in [1.165, 1.54) is 11.1 Å². The molecular formula is C14H21ClO2. The molecule has 0 saturated heterocycles. The van der Waals surface area contributed by atoms with Crippen molar-refractivity contribution in [3.63, 3.8) is 0 Å². The van der Waals surface area contributed by atoms with E-state index < -0.39 is 0 Å². The summed E-state index contributed by atoms with van der Waals surface area (Å²) in [5.74, 6) is 2.78. The first-order chi connectivity index (χ1) is 8.15. The molecule has 0 unspecified atom stereocenters. The molecule has 0 aliphatic rings. The molecule has 1 aromatic carbocycles. The van der Waals surface area contributed by atoms with Crippen LogP contribution >= 0.6 is 11.6 Å². The van der Waals surface area contributed by atoms with Gasteiger partial charge in [-0.1, -0.05) is 19.9 Å². The molecule has 0 bridgehead atoms. The lowest BCUT2D eigenvalue weighted by atomic mass is 9.93. The summed E-state index contributed by atoms with van der Waals surface area (Å²) in [6, 6.07) is 4.09. The van der Waals surface area contributed by atoms with Crippen LogP contribution in [0.2, 0.25) is 0 Å². The molecule has 96 valence electrons. The van der Waals surface area contributed by atoms with E-state index in [2.05, 4.69) is 19.9 Å². The first-order valence-corrected chi connectivity index (χ1v) is 6.48. The van der Waals surface area contributed by atoms with Gasteiger partial charge in [-0.15, -0.1) is 11.6 Å². The van der Waals surface area contributed by atoms with E-state index in [0.29, 0.717) is 11.8 Å². The summed E-state index contributed by atoms with van der Waals surface area (Å²) in [5, 5.41) is 0. The van der Waals surface area contributed by atoms with E-state index in [-0.39, 0.29) is 0 Å². The maximum Gasteiger partial charge on any atom is 0.164 e. The molecule has 1 aromatic rings. The van der Waals surface area contributed by atoms with Crippen LogP contribution in [0, 0.1) is 0 Å². The molecule has 0 N–H and O–H groups in total. The second kappa shape index (κ2) is 6.75. The molecule has 0 spiro atoms. The Morgan fingerprint density at radius 3 is 2.35 bits per heavy atom. The van der Waals surface area contributed by atoms with Gasteiger partial charge in [0, 0.05) is 11.4 Å². The van der Waals surface area contributed by atoms with Gasteiger partial charge in [0.25, 0.3) is 0 Å². The van der Waals surface area contributed by atoms with Crippen LogP contribution in [0.4, 0.5) is 0 Å². The number of methoxy groups -OCH3 is 2. The lowest BCUT2D eigenvalue weighted by Crippen LogP contribution is -2.03. The first kappa shape index (κ1) is 14.2. The average molecular weight is 257 g/mol. The zero-order valence-electron chi connectivity index (χ0n) is 11.0. The fraction of sp³-hybridized carbons (Fsp3) is 0.571. The van der Waals surface area contributed by atoms with Crippen LogP contribution in [0.5, 0.6) is 11.5 Å². The van der Waals surface area contributed by atoms with Gasteiger partial charge < -0.3 is 9.47 Å². The normalized spacial score (nSPS) is 10.7. The summed E-state index contributed by atoms with van der Waals surface area (Å²) >= 11 is 5.78. The molecule has 0 amide bonds. The molecule has 17 heavy (non-hydrogen) atoms. The summed E-state index contributed by atoms with van der Waals surface area (Å²) in [5.41, 5.74) is 2.54.